The number of non-ortho nitro benzene ring substituents is 1. The molecule has 0 fully saturated rings. The summed E-state index contributed by atoms with van der Waals surface area (Å²) in [6.45, 7) is -0.167. The molecule has 0 aliphatic carbocycles. The van der Waals surface area contributed by atoms with Crippen molar-refractivity contribution in [2.75, 3.05) is 19.5 Å². The summed E-state index contributed by atoms with van der Waals surface area (Å²) in [6, 6.07) is 3.75. The maximum Gasteiger partial charge on any atom is 0.273 e. The van der Waals surface area contributed by atoms with Crippen LogP contribution in [0, 0.1) is 10.1 Å². The highest BCUT2D eigenvalue weighted by Gasteiger charge is 2.13. The fourth-order valence-electron chi connectivity index (χ4n) is 1.14. The van der Waals surface area contributed by atoms with E-state index < -0.39 is 14.0 Å². The van der Waals surface area contributed by atoms with E-state index in [4.69, 9.17) is 20.2 Å². The van der Waals surface area contributed by atoms with Crippen molar-refractivity contribution >= 4 is 25.4 Å². The molecule has 1 aromatic carbocycles. The molecule has 9 heteroatoms. The van der Waals surface area contributed by atoms with Gasteiger partial charge in [0.25, 0.3) is 5.69 Å². The number of nitro groups is 1. The van der Waals surface area contributed by atoms with Gasteiger partial charge in [-0.3, -0.25) is 10.1 Å². The predicted molar refractivity (Wildman–Crippen MR) is 64.8 cm³/mol. The monoisotopic (exact) mass is 295 g/mol. The zero-order valence-electron chi connectivity index (χ0n) is 9.33. The molecule has 0 saturated heterocycles. The van der Waals surface area contributed by atoms with E-state index in [1.165, 1.54) is 25.3 Å². The molecule has 0 bridgehead atoms. The Hall–Kier alpha value is -1.54. The van der Waals surface area contributed by atoms with Crippen molar-refractivity contribution in [3.63, 3.8) is 0 Å². The molecule has 0 heterocycles. The Morgan fingerprint density at radius 1 is 1.39 bits per heavy atom. The van der Waals surface area contributed by atoms with E-state index in [0.717, 1.165) is 0 Å². The van der Waals surface area contributed by atoms with Crippen molar-refractivity contribution in [2.45, 2.75) is 0 Å². The van der Waals surface area contributed by atoms with Gasteiger partial charge in [-0.1, -0.05) is 0 Å². The van der Waals surface area contributed by atoms with Crippen LogP contribution in [-0.2, 0) is 9.05 Å². The number of benzene rings is 1. The minimum Gasteiger partial charge on any atom is -0.493 e. The minimum atomic E-state index is -3.64. The Morgan fingerprint density at radius 3 is 2.56 bits per heavy atom. The second kappa shape index (κ2) is 5.87. The van der Waals surface area contributed by atoms with E-state index in [-0.39, 0.29) is 29.5 Å². The molecule has 0 unspecified atom stereocenters. The summed E-state index contributed by atoms with van der Waals surface area (Å²) in [5.74, 6) is -0.00564. The second-order valence-corrected chi connectivity index (χ2v) is 6.08. The first kappa shape index (κ1) is 14.5. The predicted octanol–water partition coefficient (Wildman–Crippen LogP) is 1.55. The van der Waals surface area contributed by atoms with Crippen molar-refractivity contribution in [3.8, 4) is 11.5 Å². The third-order valence-corrected chi connectivity index (χ3v) is 3.06. The van der Waals surface area contributed by atoms with Crippen LogP contribution in [0.3, 0.4) is 0 Å². The summed E-state index contributed by atoms with van der Waals surface area (Å²) >= 11 is 0. The van der Waals surface area contributed by atoms with Crippen molar-refractivity contribution in [2.24, 2.45) is 0 Å². The van der Waals surface area contributed by atoms with Crippen LogP contribution in [0.1, 0.15) is 0 Å². The fraction of sp³-hybridized carbons (Fsp3) is 0.333. The lowest BCUT2D eigenvalue weighted by atomic mass is 10.3. The van der Waals surface area contributed by atoms with Gasteiger partial charge in [0.15, 0.2) is 11.5 Å². The largest absolute Gasteiger partial charge is 0.493 e. The molecule has 1 aromatic rings. The zero-order chi connectivity index (χ0) is 13.8. The second-order valence-electron chi connectivity index (χ2n) is 3.18. The minimum absolute atomic E-state index is 0.149. The molecule has 0 amide bonds. The maximum absolute atomic E-state index is 10.7. The molecular weight excluding hydrogens is 286 g/mol. The number of hydrogen-bond acceptors (Lipinski definition) is 6. The highest BCUT2D eigenvalue weighted by Crippen LogP contribution is 2.31. The molecule has 0 aliphatic rings. The van der Waals surface area contributed by atoms with Gasteiger partial charge in [0.1, 0.15) is 6.61 Å². The van der Waals surface area contributed by atoms with Gasteiger partial charge in [-0.25, -0.2) is 8.42 Å². The van der Waals surface area contributed by atoms with Crippen LogP contribution in [0.15, 0.2) is 18.2 Å². The number of hydrogen-bond donors (Lipinski definition) is 0. The quantitative estimate of drug-likeness (QED) is 0.449. The van der Waals surface area contributed by atoms with Gasteiger partial charge >= 0.3 is 0 Å². The third-order valence-electron chi connectivity index (χ3n) is 1.94. The molecule has 0 N–H and O–H groups in total. The SMILES string of the molecule is COc1cc([N+](=O)[O-])ccc1OCCS(=O)(=O)Cl. The molecule has 0 atom stereocenters. The van der Waals surface area contributed by atoms with Gasteiger partial charge in [0.05, 0.1) is 23.9 Å². The van der Waals surface area contributed by atoms with E-state index in [0.29, 0.717) is 0 Å². The molecule has 0 radical (unpaired) electrons. The van der Waals surface area contributed by atoms with Gasteiger partial charge in [0, 0.05) is 16.7 Å². The first-order chi connectivity index (χ1) is 8.33. The fourth-order valence-corrected chi connectivity index (χ4v) is 1.61. The number of nitro benzene ring substituents is 1. The Labute approximate surface area is 108 Å². The van der Waals surface area contributed by atoms with Crippen molar-refractivity contribution < 1.29 is 22.8 Å². The van der Waals surface area contributed by atoms with E-state index >= 15 is 0 Å². The molecule has 0 aliphatic heterocycles. The first-order valence-corrected chi connectivity index (χ1v) is 7.19. The lowest BCUT2D eigenvalue weighted by Crippen LogP contribution is -2.09. The van der Waals surface area contributed by atoms with Crippen LogP contribution >= 0.6 is 10.7 Å². The Kier molecular flexibility index (Phi) is 4.74. The molecule has 100 valence electrons. The topological polar surface area (TPSA) is 95.7 Å². The lowest BCUT2D eigenvalue weighted by Gasteiger charge is -2.09. The van der Waals surface area contributed by atoms with Crippen LogP contribution in [0.5, 0.6) is 11.5 Å². The van der Waals surface area contributed by atoms with E-state index in [1.807, 2.05) is 0 Å². The third kappa shape index (κ3) is 4.38. The Bertz CT molecular complexity index is 544. The molecule has 7 nitrogen and oxygen atoms in total. The van der Waals surface area contributed by atoms with Crippen LogP contribution in [0.25, 0.3) is 0 Å². The maximum atomic E-state index is 10.7. The van der Waals surface area contributed by atoms with Crippen molar-refractivity contribution in [1.82, 2.24) is 0 Å². The molecule has 0 saturated carbocycles. The average molecular weight is 296 g/mol. The van der Waals surface area contributed by atoms with Crippen molar-refractivity contribution in [3.05, 3.63) is 28.3 Å². The molecule has 18 heavy (non-hydrogen) atoms. The van der Waals surface area contributed by atoms with Gasteiger partial charge in [-0.15, -0.1) is 0 Å². The first-order valence-electron chi connectivity index (χ1n) is 4.71. The van der Waals surface area contributed by atoms with Crippen LogP contribution in [-0.4, -0.2) is 32.8 Å². The van der Waals surface area contributed by atoms with Gasteiger partial charge in [-0.05, 0) is 6.07 Å². The van der Waals surface area contributed by atoms with E-state index in [2.05, 4.69) is 0 Å². The van der Waals surface area contributed by atoms with Crippen molar-refractivity contribution in [1.29, 1.82) is 0 Å². The normalized spacial score (nSPS) is 11.0. The number of halogens is 1. The Morgan fingerprint density at radius 2 is 2.06 bits per heavy atom. The number of ether oxygens (including phenoxy) is 2. The number of rotatable bonds is 6. The van der Waals surface area contributed by atoms with Crippen LogP contribution < -0.4 is 9.47 Å². The summed E-state index contributed by atoms with van der Waals surface area (Å²) in [7, 11) is 2.70. The zero-order valence-corrected chi connectivity index (χ0v) is 10.9. The summed E-state index contributed by atoms with van der Waals surface area (Å²) < 4.78 is 31.4. The summed E-state index contributed by atoms with van der Waals surface area (Å²) in [6.07, 6.45) is 0. The standard InChI is InChI=1S/C9H10ClNO6S/c1-16-9-6-7(11(12)13)2-3-8(9)17-4-5-18(10,14)15/h2-3,6H,4-5H2,1H3. The van der Waals surface area contributed by atoms with E-state index in [9.17, 15) is 18.5 Å². The smallest absolute Gasteiger partial charge is 0.273 e. The molecular formula is C9H10ClNO6S. The van der Waals surface area contributed by atoms with E-state index in [1.54, 1.807) is 0 Å². The summed E-state index contributed by atoms with van der Waals surface area (Å²) in [4.78, 5) is 9.96. The highest BCUT2D eigenvalue weighted by atomic mass is 35.7. The van der Waals surface area contributed by atoms with Crippen LogP contribution in [0.4, 0.5) is 5.69 Å². The van der Waals surface area contributed by atoms with Gasteiger partial charge in [-0.2, -0.15) is 0 Å². The Balaban J connectivity index is 2.80. The average Bonchev–Trinajstić information content (AvgIpc) is 2.27. The lowest BCUT2D eigenvalue weighted by molar-refractivity contribution is -0.384. The van der Waals surface area contributed by atoms with Gasteiger partial charge in [0.2, 0.25) is 9.05 Å². The number of nitrogens with zero attached hydrogens (tertiary/aromatic N) is 1. The van der Waals surface area contributed by atoms with Gasteiger partial charge < -0.3 is 9.47 Å². The molecule has 0 spiro atoms. The summed E-state index contributed by atoms with van der Waals surface area (Å²) in [5, 5.41) is 10.5. The highest BCUT2D eigenvalue weighted by molar-refractivity contribution is 8.13. The van der Waals surface area contributed by atoms with Crippen LogP contribution in [0.2, 0.25) is 0 Å². The number of methoxy groups -OCH3 is 1. The molecule has 1 rings (SSSR count). The molecule has 0 aromatic heterocycles. The summed E-state index contributed by atoms with van der Waals surface area (Å²) in [5.41, 5.74) is -0.149.